The third kappa shape index (κ3) is 3.16. The van der Waals surface area contributed by atoms with Gasteiger partial charge in [0, 0.05) is 25.2 Å². The van der Waals surface area contributed by atoms with Crippen LogP contribution in [0.15, 0.2) is 12.3 Å². The highest BCUT2D eigenvalue weighted by molar-refractivity contribution is 5.39. The zero-order valence-electron chi connectivity index (χ0n) is 9.99. The molecule has 0 aliphatic carbocycles. The van der Waals surface area contributed by atoms with Gasteiger partial charge in [0.05, 0.1) is 0 Å². The molecule has 4 heteroatoms. The second kappa shape index (κ2) is 4.57. The average molecular weight is 208 g/mol. The van der Waals surface area contributed by atoms with Gasteiger partial charge >= 0.3 is 0 Å². The zero-order chi connectivity index (χ0) is 11.5. The van der Waals surface area contributed by atoms with Crippen LogP contribution in [-0.4, -0.2) is 29.1 Å². The Bertz CT molecular complexity index is 317. The van der Waals surface area contributed by atoms with Crippen molar-refractivity contribution < 1.29 is 0 Å². The monoisotopic (exact) mass is 208 g/mol. The number of hydrogen-bond acceptors (Lipinski definition) is 4. The molecule has 84 valence electrons. The zero-order valence-corrected chi connectivity index (χ0v) is 9.99. The van der Waals surface area contributed by atoms with Crippen molar-refractivity contribution >= 4 is 5.82 Å². The molecule has 0 aliphatic rings. The van der Waals surface area contributed by atoms with Crippen LogP contribution in [0.5, 0.6) is 0 Å². The minimum atomic E-state index is 0.0638. The van der Waals surface area contributed by atoms with E-state index < -0.39 is 0 Å². The molecule has 15 heavy (non-hydrogen) atoms. The highest BCUT2D eigenvalue weighted by atomic mass is 15.2. The molecule has 2 N–H and O–H groups in total. The number of hydrogen-bond donors (Lipinski definition) is 1. The van der Waals surface area contributed by atoms with E-state index in [2.05, 4.69) is 35.6 Å². The van der Waals surface area contributed by atoms with Gasteiger partial charge in [-0.3, -0.25) is 0 Å². The fourth-order valence-corrected chi connectivity index (χ4v) is 1.17. The van der Waals surface area contributed by atoms with Crippen molar-refractivity contribution in [3.8, 4) is 0 Å². The first kappa shape index (κ1) is 11.9. The minimum absolute atomic E-state index is 0.0638. The lowest BCUT2D eigenvalue weighted by atomic mass is 10.1. The number of nitrogens with two attached hydrogens (primary N) is 1. The van der Waals surface area contributed by atoms with E-state index in [0.29, 0.717) is 6.54 Å². The second-order valence-electron chi connectivity index (χ2n) is 4.60. The molecular weight excluding hydrogens is 188 g/mol. The van der Waals surface area contributed by atoms with Gasteiger partial charge in [-0.05, 0) is 33.4 Å². The summed E-state index contributed by atoms with van der Waals surface area (Å²) >= 11 is 0. The molecule has 0 amide bonds. The van der Waals surface area contributed by atoms with Gasteiger partial charge < -0.3 is 10.6 Å². The molecule has 0 aliphatic heterocycles. The van der Waals surface area contributed by atoms with Crippen LogP contribution in [0.2, 0.25) is 0 Å². The molecule has 0 radical (unpaired) electrons. The van der Waals surface area contributed by atoms with E-state index in [1.54, 1.807) is 6.20 Å². The topological polar surface area (TPSA) is 55.0 Å². The predicted octanol–water partition coefficient (Wildman–Crippen LogP) is 1.21. The molecule has 0 spiro atoms. The Labute approximate surface area is 91.5 Å². The minimum Gasteiger partial charge on any atom is -0.355 e. The van der Waals surface area contributed by atoms with E-state index in [1.165, 1.54) is 0 Å². The van der Waals surface area contributed by atoms with Crippen molar-refractivity contribution in [2.24, 2.45) is 5.73 Å². The van der Waals surface area contributed by atoms with Crippen LogP contribution in [0.4, 0.5) is 5.82 Å². The Hall–Kier alpha value is -1.16. The quantitative estimate of drug-likeness (QED) is 0.811. The maximum absolute atomic E-state index is 5.48. The van der Waals surface area contributed by atoms with Crippen LogP contribution in [0.25, 0.3) is 0 Å². The summed E-state index contributed by atoms with van der Waals surface area (Å²) in [6.45, 7) is 7.04. The molecule has 1 aromatic heterocycles. The van der Waals surface area contributed by atoms with Crippen molar-refractivity contribution in [3.63, 3.8) is 0 Å². The fraction of sp³-hybridized carbons (Fsp3) is 0.636. The molecule has 1 heterocycles. The van der Waals surface area contributed by atoms with Crippen LogP contribution in [0.1, 0.15) is 26.6 Å². The highest BCUT2D eigenvalue weighted by Gasteiger charge is 2.18. The maximum Gasteiger partial charge on any atom is 0.132 e. The van der Waals surface area contributed by atoms with Gasteiger partial charge in [-0.2, -0.15) is 0 Å². The van der Waals surface area contributed by atoms with Gasteiger partial charge in [0.1, 0.15) is 11.6 Å². The first-order valence-electron chi connectivity index (χ1n) is 5.21. The van der Waals surface area contributed by atoms with E-state index in [-0.39, 0.29) is 5.54 Å². The van der Waals surface area contributed by atoms with E-state index in [4.69, 9.17) is 5.73 Å². The number of aromatic nitrogens is 2. The van der Waals surface area contributed by atoms with E-state index in [0.717, 1.165) is 18.1 Å². The first-order chi connectivity index (χ1) is 6.95. The average Bonchev–Trinajstić information content (AvgIpc) is 2.16. The largest absolute Gasteiger partial charge is 0.355 e. The molecule has 1 rings (SSSR count). The fourth-order valence-electron chi connectivity index (χ4n) is 1.17. The van der Waals surface area contributed by atoms with Gasteiger partial charge in [-0.25, -0.2) is 9.97 Å². The van der Waals surface area contributed by atoms with E-state index in [9.17, 15) is 0 Å². The lowest BCUT2D eigenvalue weighted by molar-refractivity contribution is 0.532. The number of nitrogens with zero attached hydrogens (tertiary/aromatic N) is 3. The Morgan fingerprint density at radius 1 is 1.40 bits per heavy atom. The summed E-state index contributed by atoms with van der Waals surface area (Å²) in [6.07, 6.45) is 2.52. The summed E-state index contributed by atoms with van der Waals surface area (Å²) in [7, 11) is 2.04. The summed E-state index contributed by atoms with van der Waals surface area (Å²) in [5.74, 6) is 1.76. The Morgan fingerprint density at radius 2 is 2.07 bits per heavy atom. The molecule has 0 unspecified atom stereocenters. The molecule has 0 saturated carbocycles. The van der Waals surface area contributed by atoms with Crippen LogP contribution >= 0.6 is 0 Å². The third-order valence-corrected chi connectivity index (χ3v) is 2.41. The summed E-state index contributed by atoms with van der Waals surface area (Å²) in [6, 6.07) is 1.92. The Morgan fingerprint density at radius 3 is 2.60 bits per heavy atom. The molecule has 1 aromatic rings. The summed E-state index contributed by atoms with van der Waals surface area (Å²) < 4.78 is 0. The molecule has 0 fully saturated rings. The van der Waals surface area contributed by atoms with Crippen molar-refractivity contribution in [1.29, 1.82) is 0 Å². The van der Waals surface area contributed by atoms with Crippen molar-refractivity contribution in [2.45, 2.75) is 32.7 Å². The standard InChI is InChI=1S/C11H20N4/c1-11(2,3)15(4)10-6-8-13-9(14-10)5-7-12/h6,8H,5,7,12H2,1-4H3. The van der Waals surface area contributed by atoms with E-state index in [1.807, 2.05) is 13.1 Å². The second-order valence-corrected chi connectivity index (χ2v) is 4.60. The third-order valence-electron chi connectivity index (χ3n) is 2.41. The van der Waals surface area contributed by atoms with Gasteiger partial charge in [0.15, 0.2) is 0 Å². The molecule has 0 saturated heterocycles. The first-order valence-corrected chi connectivity index (χ1v) is 5.21. The number of rotatable bonds is 3. The normalized spacial score (nSPS) is 11.5. The van der Waals surface area contributed by atoms with Gasteiger partial charge in [0.2, 0.25) is 0 Å². The lowest BCUT2D eigenvalue weighted by Crippen LogP contribution is -2.38. The van der Waals surface area contributed by atoms with Gasteiger partial charge in [0.25, 0.3) is 0 Å². The summed E-state index contributed by atoms with van der Waals surface area (Å²) in [4.78, 5) is 10.8. The summed E-state index contributed by atoms with van der Waals surface area (Å²) in [5.41, 5.74) is 5.54. The Balaban J connectivity index is 2.90. The van der Waals surface area contributed by atoms with E-state index >= 15 is 0 Å². The molecular formula is C11H20N4. The SMILES string of the molecule is CN(c1ccnc(CCN)n1)C(C)(C)C. The molecule has 0 aromatic carbocycles. The van der Waals surface area contributed by atoms with Crippen LogP contribution in [0.3, 0.4) is 0 Å². The van der Waals surface area contributed by atoms with Crippen LogP contribution in [0, 0.1) is 0 Å². The van der Waals surface area contributed by atoms with Crippen LogP contribution in [-0.2, 0) is 6.42 Å². The molecule has 0 bridgehead atoms. The van der Waals surface area contributed by atoms with Crippen molar-refractivity contribution in [3.05, 3.63) is 18.1 Å². The molecule has 4 nitrogen and oxygen atoms in total. The van der Waals surface area contributed by atoms with Crippen LogP contribution < -0.4 is 10.6 Å². The van der Waals surface area contributed by atoms with Crippen molar-refractivity contribution in [1.82, 2.24) is 9.97 Å². The Kier molecular flexibility index (Phi) is 3.63. The van der Waals surface area contributed by atoms with Gasteiger partial charge in [-0.1, -0.05) is 0 Å². The summed E-state index contributed by atoms with van der Waals surface area (Å²) in [5, 5.41) is 0. The highest BCUT2D eigenvalue weighted by Crippen LogP contribution is 2.18. The van der Waals surface area contributed by atoms with Gasteiger partial charge in [-0.15, -0.1) is 0 Å². The maximum atomic E-state index is 5.48. The lowest BCUT2D eigenvalue weighted by Gasteiger charge is -2.33. The number of anilines is 1. The smallest absolute Gasteiger partial charge is 0.132 e. The van der Waals surface area contributed by atoms with Crippen molar-refractivity contribution in [2.75, 3.05) is 18.5 Å². The molecule has 0 atom stereocenters. The predicted molar refractivity (Wildman–Crippen MR) is 62.9 cm³/mol.